The van der Waals surface area contributed by atoms with Crippen LogP contribution in [0, 0.1) is 104 Å². The van der Waals surface area contributed by atoms with E-state index in [1.165, 1.54) is 40.7 Å². The Labute approximate surface area is 681 Å². The van der Waals surface area contributed by atoms with Crippen LogP contribution in [-0.4, -0.2) is 77.8 Å². The minimum atomic E-state index is -5.84. The second-order valence-electron chi connectivity index (χ2n) is 26.5. The number of pyridine rings is 7. The van der Waals surface area contributed by atoms with Crippen molar-refractivity contribution in [3.05, 3.63) is 280 Å². The van der Waals surface area contributed by atoms with Crippen molar-refractivity contribution in [1.29, 1.82) is 0 Å². The van der Waals surface area contributed by atoms with Gasteiger partial charge in [0.25, 0.3) is 0 Å². The van der Waals surface area contributed by atoms with Crippen molar-refractivity contribution >= 4 is 54.3 Å². The Morgan fingerprint density at radius 1 is 0.417 bits per heavy atom. The van der Waals surface area contributed by atoms with Crippen molar-refractivity contribution in [3.8, 4) is 56.3 Å². The minimum absolute atomic E-state index is 0. The van der Waals surface area contributed by atoms with E-state index in [2.05, 4.69) is 108 Å². The number of aromatic nitrogens is 7. The van der Waals surface area contributed by atoms with Gasteiger partial charge in [0.1, 0.15) is 5.58 Å². The first-order valence-electron chi connectivity index (χ1n) is 40.5. The van der Waals surface area contributed by atoms with Crippen LogP contribution in [-0.2, 0) is 63.2 Å². The number of hydrogen-bond donors (Lipinski definition) is 3. The number of furan rings is 2. The summed E-state index contributed by atoms with van der Waals surface area (Å²) >= 11 is 0. The first-order chi connectivity index (χ1) is 56.3. The van der Waals surface area contributed by atoms with Crippen molar-refractivity contribution < 1.29 is 106 Å². The maximum absolute atomic E-state index is 10.7. The fraction of sp³-hybridized carbons (Fsp3) is 0.261. The molecule has 0 saturated heterocycles. The Hall–Kier alpha value is -9.33. The summed E-state index contributed by atoms with van der Waals surface area (Å²) in [6, 6.07) is 60.5. The maximum Gasteiger partial charge on any atom is 0.522 e. The van der Waals surface area contributed by atoms with E-state index in [1.54, 1.807) is 68.6 Å². The van der Waals surface area contributed by atoms with Gasteiger partial charge in [-0.3, -0.25) is 9.54 Å². The van der Waals surface area contributed by atoms with Gasteiger partial charge in [-0.15, -0.1) is 126 Å². The number of nitrogens with zero attached hydrogens (tertiary/aromatic N) is 7. The zero-order valence-electron chi connectivity index (χ0n) is 76.6. The molecule has 20 heteroatoms. The first-order valence-corrected chi connectivity index (χ1v) is 34.4. The number of fused-ring (bicyclic) bond motifs is 6. The second-order valence-corrected chi connectivity index (χ2v) is 27.9. The van der Waals surface area contributed by atoms with Crippen molar-refractivity contribution in [2.45, 2.75) is 129 Å². The number of benzene rings is 5. The van der Waals surface area contributed by atoms with Crippen LogP contribution in [0.3, 0.4) is 0 Å². The number of hydrogen-bond acceptors (Lipinski definition) is 13. The van der Waals surface area contributed by atoms with Gasteiger partial charge in [0.05, 0.1) is 11.3 Å². The van der Waals surface area contributed by atoms with Crippen molar-refractivity contribution in [1.82, 2.24) is 34.9 Å². The number of aliphatic hydroxyl groups excluding tert-OH is 2. The van der Waals surface area contributed by atoms with Gasteiger partial charge in [-0.25, -0.2) is 9.97 Å². The van der Waals surface area contributed by atoms with Crippen LogP contribution in [0.15, 0.2) is 198 Å². The summed E-state index contributed by atoms with van der Waals surface area (Å²) in [6.45, 7) is 11.5. The molecule has 0 fully saturated rings. The average molecular weight is 1850 g/mol. The molecule has 0 aliphatic heterocycles. The van der Waals surface area contributed by atoms with Crippen LogP contribution < -0.4 is 0 Å². The third kappa shape index (κ3) is 24.9. The van der Waals surface area contributed by atoms with Crippen LogP contribution >= 0.6 is 0 Å². The molecule has 3 N–H and O–H groups in total. The summed E-state index contributed by atoms with van der Waals surface area (Å²) in [5.74, 6) is 0. The molecule has 14 rings (SSSR count). The molecule has 14 aromatic rings. The normalized spacial score (nSPS) is 13.6. The molecular weight excluding hydrogens is 1740 g/mol. The van der Waals surface area contributed by atoms with E-state index in [1.807, 2.05) is 124 Å². The predicted molar refractivity (Wildman–Crippen MR) is 421 cm³/mol. The maximum atomic E-state index is 10.7. The molecule has 0 spiro atoms. The molecule has 5 aromatic carbocycles. The largest absolute Gasteiger partial charge is 0.522 e. The van der Waals surface area contributed by atoms with Gasteiger partial charge in [0.15, 0.2) is 0 Å². The monoisotopic (exact) mass is 1850 g/mol. The summed E-state index contributed by atoms with van der Waals surface area (Å²) < 4.78 is 183. The SMILES string of the molecule is CO.CO.Cc1cnc(-c2[c-]cccc2)cc1C.O=S(=O)(O)C(F)(F)F.[2H]C([2H])([2H])c1ccc2c(n1)oc1c(-c3cc(C([2H])([2H])[2H])c(CC(C)(C)C)cn3)[c-]ccc12.[2H]C([2H])([2H])c1ccc2c(n1)oc1c(-c3cc(C)c(CC(C)(C)C)cn3)cccc12.[2H]C([2H])([2H])c1cnc(-c2[c-]cccc2)cc1C.[2H]C([2H])([2H])c1cnc(-c2[c-]cccc2)cc1C.[Ir].[Ir]. The van der Waals surface area contributed by atoms with E-state index in [0.717, 1.165) is 93.0 Å². The zero-order chi connectivity index (χ0) is 90.3. The molecule has 0 unspecified atom stereocenters. The molecule has 570 valence electrons. The van der Waals surface area contributed by atoms with Crippen molar-refractivity contribution in [2.24, 2.45) is 10.8 Å². The quantitative estimate of drug-likeness (QED) is 0.0770. The summed E-state index contributed by atoms with van der Waals surface area (Å²) in [7, 11) is -3.84. The van der Waals surface area contributed by atoms with Crippen LogP contribution in [0.5, 0.6) is 0 Å². The number of para-hydroxylation sites is 1. The van der Waals surface area contributed by atoms with Crippen LogP contribution in [0.1, 0.15) is 129 Å². The molecule has 108 heavy (non-hydrogen) atoms. The Kier molecular flexibility index (Phi) is 25.3. The Morgan fingerprint density at radius 3 is 1.19 bits per heavy atom. The van der Waals surface area contributed by atoms with Gasteiger partial charge in [0.2, 0.25) is 11.4 Å². The topological polar surface area (TPSA) is 211 Å². The molecule has 0 bridgehead atoms. The van der Waals surface area contributed by atoms with Crippen LogP contribution in [0.25, 0.3) is 100 Å². The Morgan fingerprint density at radius 2 is 0.806 bits per heavy atom. The van der Waals surface area contributed by atoms with E-state index in [0.29, 0.717) is 56.6 Å². The number of aryl methyl sites for hydroxylation is 10. The predicted octanol–water partition coefficient (Wildman–Crippen LogP) is 21.4. The molecular formula is C88H92F3Ir2N7O7S-4. The zero-order valence-corrected chi connectivity index (χ0v) is 67.2. The van der Waals surface area contributed by atoms with Crippen molar-refractivity contribution in [3.63, 3.8) is 0 Å². The van der Waals surface area contributed by atoms with Crippen molar-refractivity contribution in [2.75, 3.05) is 14.2 Å². The number of rotatable bonds is 7. The summed E-state index contributed by atoms with van der Waals surface area (Å²) in [6.07, 6.45) is 9.87. The van der Waals surface area contributed by atoms with Crippen LogP contribution in [0.4, 0.5) is 13.2 Å². The second kappa shape index (κ2) is 40.2. The van der Waals surface area contributed by atoms with Gasteiger partial charge in [-0.2, -0.15) is 21.6 Å². The third-order valence-corrected chi connectivity index (χ3v) is 16.3. The van der Waals surface area contributed by atoms with Gasteiger partial charge in [-0.05, 0) is 185 Å². The summed E-state index contributed by atoms with van der Waals surface area (Å²) in [4.78, 5) is 30.4. The van der Waals surface area contributed by atoms with Gasteiger partial charge >= 0.3 is 15.6 Å². The standard InChI is InChI=1S/C23H24N2O.C23H23N2O.3C13H12N.CHF3O3S.2CH4O.2Ir/c2*1-14-11-20(24-13-16(14)12-23(3,4)5)19-8-6-7-17-18-10-9-15(2)25-22(18)26-21(17)19;3*1-10-8-13(14-9-11(10)2)12-6-4-3-5-7-12;2-1(3,4)8(5,6)7;2*1-2;;/h6-11,13H,12H2,1-5H3;6-7,9-11,13H,12H2,1-5H3;3*3-6,8-9H,1-2H3;(H,5,6,7);2*2H,1H3;;/q;4*-1;;;;;/i2D3;1D3,2D3;2*2D3;;;;;;. The van der Waals surface area contributed by atoms with Gasteiger partial charge in [0, 0.05) is 139 Å². The summed E-state index contributed by atoms with van der Waals surface area (Å²) in [5, 5.41) is 17.1. The molecule has 0 amide bonds. The average Bonchev–Trinajstić information content (AvgIpc) is 1.58. The molecule has 9 aromatic heterocycles. The van der Waals surface area contributed by atoms with Crippen LogP contribution in [0.2, 0.25) is 0 Å². The molecule has 0 aliphatic rings. The summed E-state index contributed by atoms with van der Waals surface area (Å²) in [5.41, 5.74) is 12.0. The number of alkyl halides is 3. The fourth-order valence-corrected chi connectivity index (χ4v) is 10.4. The molecule has 0 saturated carbocycles. The number of aliphatic hydroxyl groups is 2. The smallest absolute Gasteiger partial charge is 0.486 e. The Balaban J connectivity index is 0.000000271. The molecule has 2 radical (unpaired) electrons. The minimum Gasteiger partial charge on any atom is -0.486 e. The van der Waals surface area contributed by atoms with E-state index >= 15 is 0 Å². The third-order valence-electron chi connectivity index (χ3n) is 15.7. The fourth-order valence-electron chi connectivity index (χ4n) is 10.4. The van der Waals surface area contributed by atoms with E-state index in [9.17, 15) is 13.2 Å². The molecule has 0 aliphatic carbocycles. The van der Waals surface area contributed by atoms with E-state index < -0.39 is 49.9 Å². The Bertz CT molecular complexity index is 5870. The van der Waals surface area contributed by atoms with E-state index in [-0.39, 0.29) is 73.7 Å². The molecule has 9 heterocycles. The number of halogens is 3. The molecule has 0 atom stereocenters. The molecule has 14 nitrogen and oxygen atoms in total. The first kappa shape index (κ1) is 68.0. The van der Waals surface area contributed by atoms with E-state index in [4.69, 9.17) is 57.6 Å². The van der Waals surface area contributed by atoms with Gasteiger partial charge in [-0.1, -0.05) is 111 Å². The van der Waals surface area contributed by atoms with Gasteiger partial charge < -0.3 is 39.0 Å².